The molecule has 1 amide bonds. The van der Waals surface area contributed by atoms with Crippen molar-refractivity contribution in [3.63, 3.8) is 0 Å². The van der Waals surface area contributed by atoms with Gasteiger partial charge in [-0.15, -0.1) is 11.3 Å². The quantitative estimate of drug-likeness (QED) is 0.867. The van der Waals surface area contributed by atoms with Gasteiger partial charge in [0.25, 0.3) is 0 Å². The van der Waals surface area contributed by atoms with Gasteiger partial charge in [0.05, 0.1) is 17.2 Å². The zero-order valence-electron chi connectivity index (χ0n) is 12.5. The second-order valence-corrected chi connectivity index (χ2v) is 7.06. The van der Waals surface area contributed by atoms with Crippen molar-refractivity contribution in [1.29, 1.82) is 0 Å². The van der Waals surface area contributed by atoms with Gasteiger partial charge in [0, 0.05) is 17.8 Å². The summed E-state index contributed by atoms with van der Waals surface area (Å²) in [6.07, 6.45) is 1.66. The molecule has 0 bridgehead atoms. The highest BCUT2D eigenvalue weighted by Gasteiger charge is 2.30. The zero-order valence-corrected chi connectivity index (χ0v) is 13.3. The van der Waals surface area contributed by atoms with E-state index in [1.807, 2.05) is 24.8 Å². The normalized spacial score (nSPS) is 18.5. The molecule has 1 aliphatic rings. The third-order valence-corrected chi connectivity index (χ3v) is 5.05. The molecule has 2 heterocycles. The Morgan fingerprint density at radius 3 is 2.71 bits per heavy atom. The van der Waals surface area contributed by atoms with E-state index < -0.39 is 0 Å². The van der Waals surface area contributed by atoms with Crippen LogP contribution in [0.1, 0.15) is 27.6 Å². The summed E-state index contributed by atoms with van der Waals surface area (Å²) < 4.78 is 0. The second kappa shape index (κ2) is 5.98. The first kappa shape index (κ1) is 14.3. The fraction of sp³-hybridized carbons (Fsp3) is 0.412. The molecule has 1 aromatic carbocycles. The molecule has 3 rings (SSSR count). The molecule has 0 N–H and O–H groups in total. The van der Waals surface area contributed by atoms with E-state index in [0.29, 0.717) is 12.3 Å². The van der Waals surface area contributed by atoms with E-state index in [0.717, 1.165) is 30.2 Å². The number of carbonyl (C=O) groups is 1. The van der Waals surface area contributed by atoms with E-state index in [1.54, 1.807) is 11.3 Å². The van der Waals surface area contributed by atoms with Crippen LogP contribution in [-0.4, -0.2) is 22.3 Å². The highest BCUT2D eigenvalue weighted by atomic mass is 32.1. The number of benzene rings is 1. The van der Waals surface area contributed by atoms with Crippen LogP contribution in [0.3, 0.4) is 0 Å². The van der Waals surface area contributed by atoms with Crippen LogP contribution in [0.5, 0.6) is 0 Å². The van der Waals surface area contributed by atoms with Gasteiger partial charge in [-0.2, -0.15) is 0 Å². The number of nitrogens with zero attached hydrogens (tertiary/aromatic N) is 2. The lowest BCUT2D eigenvalue weighted by Crippen LogP contribution is -2.24. The third-order valence-electron chi connectivity index (χ3n) is 4.00. The largest absolute Gasteiger partial charge is 0.337 e. The number of aromatic nitrogens is 1. The lowest BCUT2D eigenvalue weighted by molar-refractivity contribution is -0.128. The van der Waals surface area contributed by atoms with E-state index in [9.17, 15) is 4.79 Å². The summed E-state index contributed by atoms with van der Waals surface area (Å²) in [6.45, 7) is 5.64. The predicted octanol–water partition coefficient (Wildman–Crippen LogP) is 3.35. The molecule has 1 aliphatic heterocycles. The fourth-order valence-electron chi connectivity index (χ4n) is 2.98. The summed E-state index contributed by atoms with van der Waals surface area (Å²) in [4.78, 5) is 19.9. The molecular weight excluding hydrogens is 280 g/mol. The Bertz CT molecular complexity index is 635. The minimum atomic E-state index is 0.279. The van der Waals surface area contributed by atoms with Gasteiger partial charge in [-0.25, -0.2) is 4.98 Å². The zero-order chi connectivity index (χ0) is 14.8. The molecule has 1 saturated heterocycles. The Labute approximate surface area is 129 Å². The molecule has 2 aromatic rings. The van der Waals surface area contributed by atoms with Gasteiger partial charge in [0.1, 0.15) is 0 Å². The van der Waals surface area contributed by atoms with E-state index in [-0.39, 0.29) is 5.91 Å². The standard InChI is InChI=1S/C17H20N2OS/c1-12-16(21-13(2)18-12)11-19-10-15(9-17(19)20)8-14-6-4-3-5-7-14/h3-7,15H,8-11H2,1-2H3. The second-order valence-electron chi connectivity index (χ2n) is 5.78. The molecule has 0 spiro atoms. The molecule has 0 radical (unpaired) electrons. The average Bonchev–Trinajstić information content (AvgIpc) is 2.94. The summed E-state index contributed by atoms with van der Waals surface area (Å²) in [5, 5.41) is 1.08. The maximum Gasteiger partial charge on any atom is 0.223 e. The van der Waals surface area contributed by atoms with Gasteiger partial charge in [-0.05, 0) is 31.7 Å². The number of aryl methyl sites for hydroxylation is 2. The molecule has 1 aromatic heterocycles. The number of hydrogen-bond acceptors (Lipinski definition) is 3. The summed E-state index contributed by atoms with van der Waals surface area (Å²) >= 11 is 1.70. The average molecular weight is 300 g/mol. The Balaban J connectivity index is 1.63. The lowest BCUT2D eigenvalue weighted by Gasteiger charge is -2.16. The van der Waals surface area contributed by atoms with E-state index in [4.69, 9.17) is 0 Å². The molecule has 110 valence electrons. The monoisotopic (exact) mass is 300 g/mol. The predicted molar refractivity (Wildman–Crippen MR) is 85.3 cm³/mol. The van der Waals surface area contributed by atoms with Gasteiger partial charge in [0.15, 0.2) is 0 Å². The van der Waals surface area contributed by atoms with Crippen molar-refractivity contribution in [3.05, 3.63) is 51.5 Å². The number of hydrogen-bond donors (Lipinski definition) is 0. The summed E-state index contributed by atoms with van der Waals surface area (Å²) in [6, 6.07) is 10.4. The van der Waals surface area contributed by atoms with Crippen LogP contribution in [0.4, 0.5) is 0 Å². The first-order chi connectivity index (χ1) is 10.1. The molecule has 0 saturated carbocycles. The molecule has 1 fully saturated rings. The minimum absolute atomic E-state index is 0.279. The van der Waals surface area contributed by atoms with Crippen molar-refractivity contribution < 1.29 is 4.79 Å². The van der Waals surface area contributed by atoms with Crippen LogP contribution in [0.25, 0.3) is 0 Å². The number of amides is 1. The Morgan fingerprint density at radius 2 is 2.05 bits per heavy atom. The molecule has 21 heavy (non-hydrogen) atoms. The topological polar surface area (TPSA) is 33.2 Å². The maximum atomic E-state index is 12.2. The molecule has 1 atom stereocenters. The van der Waals surface area contributed by atoms with Crippen LogP contribution in [0.2, 0.25) is 0 Å². The highest BCUT2D eigenvalue weighted by Crippen LogP contribution is 2.26. The van der Waals surface area contributed by atoms with Crippen molar-refractivity contribution in [2.75, 3.05) is 6.54 Å². The smallest absolute Gasteiger partial charge is 0.223 e. The van der Waals surface area contributed by atoms with Crippen LogP contribution >= 0.6 is 11.3 Å². The van der Waals surface area contributed by atoms with Gasteiger partial charge in [0.2, 0.25) is 5.91 Å². The highest BCUT2D eigenvalue weighted by molar-refractivity contribution is 7.11. The molecule has 0 aliphatic carbocycles. The SMILES string of the molecule is Cc1nc(C)c(CN2CC(Cc3ccccc3)CC2=O)s1. The summed E-state index contributed by atoms with van der Waals surface area (Å²) in [5.74, 6) is 0.718. The summed E-state index contributed by atoms with van der Waals surface area (Å²) in [5.41, 5.74) is 2.39. The van der Waals surface area contributed by atoms with Gasteiger partial charge >= 0.3 is 0 Å². The van der Waals surface area contributed by atoms with Gasteiger partial charge in [-0.3, -0.25) is 4.79 Å². The number of rotatable bonds is 4. The molecular formula is C17H20N2OS. The van der Waals surface area contributed by atoms with Crippen molar-refractivity contribution in [2.45, 2.75) is 33.2 Å². The van der Waals surface area contributed by atoms with Crippen LogP contribution < -0.4 is 0 Å². The number of likely N-dealkylation sites (tertiary alicyclic amines) is 1. The lowest BCUT2D eigenvalue weighted by atomic mass is 9.99. The molecule has 3 nitrogen and oxygen atoms in total. The number of carbonyl (C=O) groups excluding carboxylic acids is 1. The molecule has 1 unspecified atom stereocenters. The van der Waals surface area contributed by atoms with Crippen molar-refractivity contribution in [2.24, 2.45) is 5.92 Å². The van der Waals surface area contributed by atoms with Gasteiger partial charge < -0.3 is 4.90 Å². The van der Waals surface area contributed by atoms with Crippen molar-refractivity contribution in [3.8, 4) is 0 Å². The van der Waals surface area contributed by atoms with E-state index in [2.05, 4.69) is 29.2 Å². The van der Waals surface area contributed by atoms with Crippen LogP contribution in [0.15, 0.2) is 30.3 Å². The Kier molecular flexibility index (Phi) is 4.06. The van der Waals surface area contributed by atoms with Gasteiger partial charge in [-0.1, -0.05) is 30.3 Å². The number of thiazole rings is 1. The Morgan fingerprint density at radius 1 is 1.29 bits per heavy atom. The van der Waals surface area contributed by atoms with Crippen molar-refractivity contribution in [1.82, 2.24) is 9.88 Å². The van der Waals surface area contributed by atoms with Crippen molar-refractivity contribution >= 4 is 17.2 Å². The fourth-order valence-corrected chi connectivity index (χ4v) is 3.94. The Hall–Kier alpha value is -1.68. The first-order valence-electron chi connectivity index (χ1n) is 7.36. The maximum absolute atomic E-state index is 12.2. The first-order valence-corrected chi connectivity index (χ1v) is 8.18. The third kappa shape index (κ3) is 3.32. The van der Waals surface area contributed by atoms with E-state index >= 15 is 0 Å². The van der Waals surface area contributed by atoms with Crippen LogP contribution in [-0.2, 0) is 17.8 Å². The summed E-state index contributed by atoms with van der Waals surface area (Å²) in [7, 11) is 0. The minimum Gasteiger partial charge on any atom is -0.337 e. The van der Waals surface area contributed by atoms with Crippen LogP contribution in [0, 0.1) is 19.8 Å². The van der Waals surface area contributed by atoms with E-state index in [1.165, 1.54) is 10.4 Å². The molecule has 4 heteroatoms.